The number of hydrogen-bond donors (Lipinski definition) is 5. The number of nitrogens with one attached hydrogen (secondary N) is 4. The maximum Gasteiger partial charge on any atom is 0.290 e. The van der Waals surface area contributed by atoms with Crippen molar-refractivity contribution in [2.45, 2.75) is 63.7 Å². The Hall–Kier alpha value is -5.39. The fourth-order valence-electron chi connectivity index (χ4n) is 4.46. The van der Waals surface area contributed by atoms with E-state index in [1.165, 1.54) is 39.0 Å². The van der Waals surface area contributed by atoms with Gasteiger partial charge in [-0.05, 0) is 49.6 Å². The SMILES string of the molecule is CC(NC(=O)C(Cc1ccccc1)NC(=O)Cc1cccc(F)c1)C(=O)C(=O)NC(Cc1ccccc1)C(=O)NC(C)(C)C(N)=O. The van der Waals surface area contributed by atoms with Gasteiger partial charge in [0.1, 0.15) is 23.4 Å². The molecule has 3 unspecified atom stereocenters. The molecule has 0 spiro atoms. The fraction of sp³-hybridized carbons (Fsp3) is 0.294. The highest BCUT2D eigenvalue weighted by atomic mass is 19.1. The van der Waals surface area contributed by atoms with Crippen LogP contribution in [-0.4, -0.2) is 59.0 Å². The molecule has 0 saturated carbocycles. The Morgan fingerprint density at radius 2 is 1.24 bits per heavy atom. The van der Waals surface area contributed by atoms with Gasteiger partial charge < -0.3 is 27.0 Å². The van der Waals surface area contributed by atoms with E-state index < -0.39 is 64.8 Å². The summed E-state index contributed by atoms with van der Waals surface area (Å²) in [5.74, 6) is -5.51. The van der Waals surface area contributed by atoms with E-state index >= 15 is 0 Å². The van der Waals surface area contributed by atoms with Gasteiger partial charge in [-0.3, -0.25) is 28.8 Å². The average molecular weight is 632 g/mol. The number of amides is 5. The number of nitrogens with two attached hydrogens (primary N) is 1. The summed E-state index contributed by atoms with van der Waals surface area (Å²) >= 11 is 0. The number of carbonyl (C=O) groups is 6. The van der Waals surface area contributed by atoms with Crippen LogP contribution in [0.1, 0.15) is 37.5 Å². The van der Waals surface area contributed by atoms with Gasteiger partial charge in [0.05, 0.1) is 12.5 Å². The van der Waals surface area contributed by atoms with Crippen LogP contribution in [0.3, 0.4) is 0 Å². The molecule has 0 saturated heterocycles. The predicted molar refractivity (Wildman–Crippen MR) is 168 cm³/mol. The van der Waals surface area contributed by atoms with Gasteiger partial charge in [0.25, 0.3) is 5.91 Å². The minimum Gasteiger partial charge on any atom is -0.368 e. The van der Waals surface area contributed by atoms with E-state index in [2.05, 4.69) is 21.3 Å². The third kappa shape index (κ3) is 10.7. The lowest BCUT2D eigenvalue weighted by Crippen LogP contribution is -2.60. The molecule has 5 amide bonds. The number of benzene rings is 3. The smallest absolute Gasteiger partial charge is 0.290 e. The van der Waals surface area contributed by atoms with Crippen LogP contribution in [0, 0.1) is 5.82 Å². The first-order chi connectivity index (χ1) is 21.7. The van der Waals surface area contributed by atoms with Crippen molar-refractivity contribution in [2.75, 3.05) is 0 Å². The molecule has 0 aromatic heterocycles. The summed E-state index contributed by atoms with van der Waals surface area (Å²) in [7, 11) is 0. The Morgan fingerprint density at radius 3 is 1.76 bits per heavy atom. The number of rotatable bonds is 15. The highest BCUT2D eigenvalue weighted by Gasteiger charge is 2.34. The number of primary amides is 1. The van der Waals surface area contributed by atoms with Gasteiger partial charge in [0, 0.05) is 12.8 Å². The van der Waals surface area contributed by atoms with Gasteiger partial charge in [-0.15, -0.1) is 0 Å². The molecule has 3 atom stereocenters. The normalized spacial score (nSPS) is 13.0. The maximum atomic E-state index is 13.6. The highest BCUT2D eigenvalue weighted by molar-refractivity contribution is 6.38. The Labute approximate surface area is 266 Å². The van der Waals surface area contributed by atoms with Crippen molar-refractivity contribution in [1.82, 2.24) is 21.3 Å². The fourth-order valence-corrected chi connectivity index (χ4v) is 4.46. The molecule has 3 rings (SSSR count). The average Bonchev–Trinajstić information content (AvgIpc) is 3.00. The Kier molecular flexibility index (Phi) is 12.3. The van der Waals surface area contributed by atoms with E-state index in [1.54, 1.807) is 66.7 Å². The third-order valence-electron chi connectivity index (χ3n) is 7.12. The number of ketones is 1. The summed E-state index contributed by atoms with van der Waals surface area (Å²) in [6.07, 6.45) is -0.119. The lowest BCUT2D eigenvalue weighted by Gasteiger charge is -2.26. The predicted octanol–water partition coefficient (Wildman–Crippen LogP) is 1.28. The van der Waals surface area contributed by atoms with Gasteiger partial charge in [-0.2, -0.15) is 0 Å². The first-order valence-electron chi connectivity index (χ1n) is 14.6. The van der Waals surface area contributed by atoms with E-state index in [0.717, 1.165) is 5.56 Å². The number of hydrogen-bond acceptors (Lipinski definition) is 6. The zero-order valence-corrected chi connectivity index (χ0v) is 25.8. The Bertz CT molecular complexity index is 1560. The molecule has 46 heavy (non-hydrogen) atoms. The summed E-state index contributed by atoms with van der Waals surface area (Å²) in [6, 6.07) is 19.3. The third-order valence-corrected chi connectivity index (χ3v) is 7.12. The number of Topliss-reactive ketones (excluding diaryl/α,β-unsaturated/α-hetero) is 1. The van der Waals surface area contributed by atoms with Crippen molar-refractivity contribution < 1.29 is 33.2 Å². The van der Waals surface area contributed by atoms with E-state index in [1.807, 2.05) is 0 Å². The lowest BCUT2D eigenvalue weighted by molar-refractivity contribution is -0.141. The molecule has 11 nitrogen and oxygen atoms in total. The summed E-state index contributed by atoms with van der Waals surface area (Å²) in [5, 5.41) is 10.0. The quantitative estimate of drug-likeness (QED) is 0.158. The Morgan fingerprint density at radius 1 is 0.717 bits per heavy atom. The monoisotopic (exact) mass is 631 g/mol. The van der Waals surface area contributed by atoms with Crippen LogP contribution in [0.25, 0.3) is 0 Å². The van der Waals surface area contributed by atoms with Crippen molar-refractivity contribution in [2.24, 2.45) is 5.73 Å². The second-order valence-electron chi connectivity index (χ2n) is 11.4. The van der Waals surface area contributed by atoms with E-state index in [4.69, 9.17) is 5.73 Å². The van der Waals surface area contributed by atoms with Gasteiger partial charge in [0.2, 0.25) is 29.4 Å². The standard InChI is InChI=1S/C34H38FN5O6/c1-21(29(42)32(45)39-27(19-23-13-8-5-9-14-23)31(44)40-34(2,3)33(36)46)37-30(43)26(18-22-11-6-4-7-12-22)38-28(41)20-24-15-10-16-25(35)17-24/h4-17,21,26-27H,18-20H2,1-3H3,(H2,36,46)(H,37,43)(H,38,41)(H,39,45)(H,40,44). The molecule has 242 valence electrons. The molecule has 0 aliphatic rings. The minimum atomic E-state index is -1.44. The molecular weight excluding hydrogens is 593 g/mol. The molecule has 12 heteroatoms. The van der Waals surface area contributed by atoms with Gasteiger partial charge >= 0.3 is 0 Å². The summed E-state index contributed by atoms with van der Waals surface area (Å²) in [5.41, 5.74) is 5.74. The number of carbonyl (C=O) groups excluding carboxylic acids is 6. The highest BCUT2D eigenvalue weighted by Crippen LogP contribution is 2.09. The largest absolute Gasteiger partial charge is 0.368 e. The van der Waals surface area contributed by atoms with E-state index in [9.17, 15) is 33.2 Å². The zero-order valence-electron chi connectivity index (χ0n) is 25.8. The molecule has 6 N–H and O–H groups in total. The van der Waals surface area contributed by atoms with Crippen molar-refractivity contribution >= 4 is 35.3 Å². The van der Waals surface area contributed by atoms with Gasteiger partial charge in [-0.1, -0.05) is 72.8 Å². The molecule has 0 bridgehead atoms. The minimum absolute atomic E-state index is 0.00221. The second-order valence-corrected chi connectivity index (χ2v) is 11.4. The topological polar surface area (TPSA) is 177 Å². The molecule has 3 aromatic carbocycles. The molecule has 0 radical (unpaired) electrons. The van der Waals surface area contributed by atoms with Crippen LogP contribution in [0.4, 0.5) is 4.39 Å². The van der Waals surface area contributed by atoms with Crippen LogP contribution in [0.5, 0.6) is 0 Å². The van der Waals surface area contributed by atoms with Crippen LogP contribution >= 0.6 is 0 Å². The van der Waals surface area contributed by atoms with Gasteiger partial charge in [0.15, 0.2) is 0 Å². The second kappa shape index (κ2) is 16.1. The molecular formula is C34H38FN5O6. The molecule has 0 heterocycles. The van der Waals surface area contributed by atoms with E-state index in [-0.39, 0.29) is 19.3 Å². The lowest BCUT2D eigenvalue weighted by atomic mass is 10.0. The van der Waals surface area contributed by atoms with Crippen LogP contribution in [0.2, 0.25) is 0 Å². The summed E-state index contributed by atoms with van der Waals surface area (Å²) in [6.45, 7) is 4.11. The zero-order chi connectivity index (χ0) is 33.9. The van der Waals surface area contributed by atoms with Crippen molar-refractivity contribution in [3.8, 4) is 0 Å². The first-order valence-corrected chi connectivity index (χ1v) is 14.6. The Balaban J connectivity index is 1.72. The molecule has 0 aliphatic carbocycles. The van der Waals surface area contributed by atoms with Crippen LogP contribution in [-0.2, 0) is 48.0 Å². The summed E-state index contributed by atoms with van der Waals surface area (Å²) < 4.78 is 13.6. The van der Waals surface area contributed by atoms with Crippen LogP contribution < -0.4 is 27.0 Å². The maximum absolute atomic E-state index is 13.6. The molecule has 0 fully saturated rings. The van der Waals surface area contributed by atoms with Gasteiger partial charge in [-0.25, -0.2) is 4.39 Å². The van der Waals surface area contributed by atoms with E-state index in [0.29, 0.717) is 11.1 Å². The van der Waals surface area contributed by atoms with Crippen molar-refractivity contribution in [3.05, 3.63) is 107 Å². The summed E-state index contributed by atoms with van der Waals surface area (Å²) in [4.78, 5) is 77.2. The first kappa shape index (κ1) is 35.1. The van der Waals surface area contributed by atoms with Crippen molar-refractivity contribution in [1.29, 1.82) is 0 Å². The van der Waals surface area contributed by atoms with Crippen molar-refractivity contribution in [3.63, 3.8) is 0 Å². The van der Waals surface area contributed by atoms with Crippen LogP contribution in [0.15, 0.2) is 84.9 Å². The molecule has 3 aromatic rings. The molecule has 0 aliphatic heterocycles. The number of halogens is 1.